The maximum Gasteiger partial charge on any atom is 0.223 e. The monoisotopic (exact) mass is 212 g/mol. The van der Waals surface area contributed by atoms with Gasteiger partial charge in [0.1, 0.15) is 0 Å². The van der Waals surface area contributed by atoms with E-state index in [1.54, 1.807) is 0 Å². The van der Waals surface area contributed by atoms with Gasteiger partial charge in [0, 0.05) is 31.6 Å². The summed E-state index contributed by atoms with van der Waals surface area (Å²) < 4.78 is 0. The van der Waals surface area contributed by atoms with Crippen LogP contribution in [0.2, 0.25) is 0 Å². The fourth-order valence-electron chi connectivity index (χ4n) is 2.32. The lowest BCUT2D eigenvalue weighted by Gasteiger charge is -2.46. The maximum atomic E-state index is 12.0. The summed E-state index contributed by atoms with van der Waals surface area (Å²) in [4.78, 5) is 16.4. The Hall–Kier alpha value is -0.570. The van der Waals surface area contributed by atoms with Crippen molar-refractivity contribution in [3.8, 4) is 0 Å². The van der Waals surface area contributed by atoms with Crippen LogP contribution in [-0.2, 0) is 4.79 Å². The highest BCUT2D eigenvalue weighted by atomic mass is 16.2. The summed E-state index contributed by atoms with van der Waals surface area (Å²) in [5.41, 5.74) is -0.0149. The Balaban J connectivity index is 2.64. The van der Waals surface area contributed by atoms with Crippen molar-refractivity contribution in [3.05, 3.63) is 0 Å². The molecule has 1 amide bonds. The minimum Gasteiger partial charge on any atom is -0.335 e. The molecule has 0 atom stereocenters. The Kier molecular flexibility index (Phi) is 3.77. The van der Waals surface area contributed by atoms with E-state index in [1.807, 2.05) is 4.90 Å². The van der Waals surface area contributed by atoms with Crippen molar-refractivity contribution in [1.82, 2.24) is 9.80 Å². The number of likely N-dealkylation sites (N-methyl/N-ethyl adjacent to an activating group) is 1. The molecule has 3 heteroatoms. The van der Waals surface area contributed by atoms with E-state index in [9.17, 15) is 4.79 Å². The molecule has 88 valence electrons. The van der Waals surface area contributed by atoms with Crippen LogP contribution in [0.3, 0.4) is 0 Å². The molecule has 0 aromatic carbocycles. The minimum atomic E-state index is -0.0149. The molecule has 3 nitrogen and oxygen atoms in total. The van der Waals surface area contributed by atoms with Gasteiger partial charge in [-0.2, -0.15) is 0 Å². The smallest absolute Gasteiger partial charge is 0.223 e. The van der Waals surface area contributed by atoms with Crippen LogP contribution < -0.4 is 0 Å². The molecule has 0 bridgehead atoms. The van der Waals surface area contributed by atoms with Crippen molar-refractivity contribution in [3.63, 3.8) is 0 Å². The molecule has 0 aromatic rings. The number of rotatable bonds is 2. The lowest BCUT2D eigenvalue weighted by molar-refractivity contribution is -0.140. The zero-order chi connectivity index (χ0) is 11.6. The highest BCUT2D eigenvalue weighted by Gasteiger charge is 2.35. The third kappa shape index (κ3) is 3.20. The molecule has 0 aliphatic carbocycles. The van der Waals surface area contributed by atoms with Crippen LogP contribution in [0, 0.1) is 5.92 Å². The van der Waals surface area contributed by atoms with Crippen LogP contribution in [0.25, 0.3) is 0 Å². The largest absolute Gasteiger partial charge is 0.335 e. The lowest BCUT2D eigenvalue weighted by Crippen LogP contribution is -2.60. The van der Waals surface area contributed by atoms with Gasteiger partial charge in [-0.25, -0.2) is 0 Å². The van der Waals surface area contributed by atoms with Crippen LogP contribution in [-0.4, -0.2) is 47.9 Å². The molecule has 0 radical (unpaired) electrons. The zero-order valence-corrected chi connectivity index (χ0v) is 10.7. The molecular weight excluding hydrogens is 188 g/mol. The molecular formula is C12H24N2O. The Morgan fingerprint density at radius 3 is 2.40 bits per heavy atom. The first-order chi connectivity index (χ1) is 6.83. The molecule has 1 heterocycles. The number of nitrogens with zero attached hydrogens (tertiary/aromatic N) is 2. The number of piperazine rings is 1. The molecule has 1 aliphatic rings. The Labute approximate surface area is 93.4 Å². The summed E-state index contributed by atoms with van der Waals surface area (Å²) >= 11 is 0. The van der Waals surface area contributed by atoms with E-state index in [-0.39, 0.29) is 5.54 Å². The number of carbonyl (C=O) groups is 1. The van der Waals surface area contributed by atoms with Gasteiger partial charge < -0.3 is 9.80 Å². The predicted octanol–water partition coefficient (Wildman–Crippen LogP) is 1.59. The number of carbonyl (C=O) groups excluding carboxylic acids is 1. The third-order valence-electron chi connectivity index (χ3n) is 2.98. The number of hydrogen-bond donors (Lipinski definition) is 0. The van der Waals surface area contributed by atoms with Crippen LogP contribution in [0.4, 0.5) is 0 Å². The second-order valence-electron chi connectivity index (χ2n) is 5.69. The van der Waals surface area contributed by atoms with Gasteiger partial charge in [0.2, 0.25) is 5.91 Å². The molecule has 1 rings (SSSR count). The number of amides is 1. The van der Waals surface area contributed by atoms with Gasteiger partial charge in [0.05, 0.1) is 0 Å². The summed E-state index contributed by atoms with van der Waals surface area (Å²) in [6.45, 7) is 11.3. The Bertz CT molecular complexity index is 236. The van der Waals surface area contributed by atoms with Gasteiger partial charge in [-0.05, 0) is 26.8 Å². The van der Waals surface area contributed by atoms with Gasteiger partial charge in [-0.1, -0.05) is 13.8 Å². The molecule has 0 spiro atoms. The molecule has 1 saturated heterocycles. The van der Waals surface area contributed by atoms with Crippen LogP contribution in [0.15, 0.2) is 0 Å². The fraction of sp³-hybridized carbons (Fsp3) is 0.917. The Morgan fingerprint density at radius 1 is 1.33 bits per heavy atom. The molecule has 15 heavy (non-hydrogen) atoms. The molecule has 0 N–H and O–H groups in total. The zero-order valence-electron chi connectivity index (χ0n) is 10.7. The highest BCUT2D eigenvalue weighted by molar-refractivity contribution is 5.77. The maximum absolute atomic E-state index is 12.0. The first kappa shape index (κ1) is 12.5. The van der Waals surface area contributed by atoms with Gasteiger partial charge in [-0.3, -0.25) is 4.79 Å². The molecule has 0 aromatic heterocycles. The van der Waals surface area contributed by atoms with Crippen LogP contribution >= 0.6 is 0 Å². The average molecular weight is 212 g/mol. The molecule has 1 aliphatic heterocycles. The van der Waals surface area contributed by atoms with Gasteiger partial charge in [0.25, 0.3) is 0 Å². The second kappa shape index (κ2) is 4.52. The first-order valence-electron chi connectivity index (χ1n) is 5.82. The van der Waals surface area contributed by atoms with E-state index < -0.39 is 0 Å². The molecule has 0 saturated carbocycles. The summed E-state index contributed by atoms with van der Waals surface area (Å²) in [6.07, 6.45) is 0.674. The topological polar surface area (TPSA) is 23.6 Å². The average Bonchev–Trinajstić information content (AvgIpc) is 1.99. The molecule has 1 fully saturated rings. The SMILES string of the molecule is CC(C)CC(=O)N1CCN(C)CC1(C)C. The van der Waals surface area contributed by atoms with E-state index in [1.165, 1.54) is 0 Å². The summed E-state index contributed by atoms with van der Waals surface area (Å²) in [5.74, 6) is 0.760. The quantitative estimate of drug-likeness (QED) is 0.694. The summed E-state index contributed by atoms with van der Waals surface area (Å²) in [7, 11) is 2.12. The highest BCUT2D eigenvalue weighted by Crippen LogP contribution is 2.21. The standard InChI is InChI=1S/C12H24N2O/c1-10(2)8-11(15)14-7-6-13(5)9-12(14,3)4/h10H,6-9H2,1-5H3. The van der Waals surface area contributed by atoms with Crippen molar-refractivity contribution in [1.29, 1.82) is 0 Å². The van der Waals surface area contributed by atoms with E-state index in [4.69, 9.17) is 0 Å². The van der Waals surface area contributed by atoms with Gasteiger partial charge >= 0.3 is 0 Å². The number of hydrogen-bond acceptors (Lipinski definition) is 2. The normalized spacial score (nSPS) is 22.1. The van der Waals surface area contributed by atoms with Crippen molar-refractivity contribution in [2.75, 3.05) is 26.7 Å². The summed E-state index contributed by atoms with van der Waals surface area (Å²) in [6, 6.07) is 0. The van der Waals surface area contributed by atoms with Crippen LogP contribution in [0.5, 0.6) is 0 Å². The molecule has 0 unspecified atom stereocenters. The fourth-order valence-corrected chi connectivity index (χ4v) is 2.32. The van der Waals surface area contributed by atoms with E-state index >= 15 is 0 Å². The predicted molar refractivity (Wildman–Crippen MR) is 62.7 cm³/mol. The first-order valence-corrected chi connectivity index (χ1v) is 5.82. The van der Waals surface area contributed by atoms with Crippen molar-refractivity contribution in [2.24, 2.45) is 5.92 Å². The second-order valence-corrected chi connectivity index (χ2v) is 5.69. The van der Waals surface area contributed by atoms with Gasteiger partial charge in [-0.15, -0.1) is 0 Å². The lowest BCUT2D eigenvalue weighted by atomic mass is 9.97. The van der Waals surface area contributed by atoms with E-state index in [2.05, 4.69) is 39.6 Å². The summed E-state index contributed by atoms with van der Waals surface area (Å²) in [5, 5.41) is 0. The van der Waals surface area contributed by atoms with Crippen LogP contribution in [0.1, 0.15) is 34.1 Å². The van der Waals surface area contributed by atoms with Crippen molar-refractivity contribution >= 4 is 5.91 Å². The van der Waals surface area contributed by atoms with Gasteiger partial charge in [0.15, 0.2) is 0 Å². The van der Waals surface area contributed by atoms with E-state index in [0.29, 0.717) is 18.2 Å². The van der Waals surface area contributed by atoms with Crippen molar-refractivity contribution < 1.29 is 4.79 Å². The van der Waals surface area contributed by atoms with E-state index in [0.717, 1.165) is 19.6 Å². The van der Waals surface area contributed by atoms with Crippen molar-refractivity contribution in [2.45, 2.75) is 39.7 Å². The minimum absolute atomic E-state index is 0.0149. The Morgan fingerprint density at radius 2 is 1.93 bits per heavy atom. The third-order valence-corrected chi connectivity index (χ3v) is 2.98.